The number of halogens is 1. The molecule has 2 aromatic rings. The van der Waals surface area contributed by atoms with Crippen molar-refractivity contribution in [3.8, 4) is 11.5 Å². The lowest BCUT2D eigenvalue weighted by molar-refractivity contribution is -0.149. The van der Waals surface area contributed by atoms with E-state index >= 15 is 0 Å². The van der Waals surface area contributed by atoms with Gasteiger partial charge in [0.05, 0.1) is 17.6 Å². The molecule has 1 saturated heterocycles. The van der Waals surface area contributed by atoms with Crippen molar-refractivity contribution in [2.75, 3.05) is 13.2 Å². The van der Waals surface area contributed by atoms with E-state index in [0.29, 0.717) is 36.7 Å². The van der Waals surface area contributed by atoms with Crippen LogP contribution in [0.4, 0.5) is 4.79 Å². The van der Waals surface area contributed by atoms with E-state index in [9.17, 15) is 14.4 Å². The third-order valence-electron chi connectivity index (χ3n) is 4.94. The molecule has 3 rings (SSSR count). The molecule has 0 unspecified atom stereocenters. The summed E-state index contributed by atoms with van der Waals surface area (Å²) in [6, 6.07) is 11.5. The minimum Gasteiger partial charge on any atom is -0.490 e. The average molecular weight is 574 g/mol. The molecule has 1 aliphatic rings. The van der Waals surface area contributed by atoms with Crippen LogP contribution in [0, 0.1) is 0 Å². The first kappa shape index (κ1) is 27.5. The molecule has 0 N–H and O–H groups in total. The number of allylic oxidation sites excluding steroid dienone is 1. The van der Waals surface area contributed by atoms with Crippen molar-refractivity contribution in [2.24, 2.45) is 0 Å². The normalized spacial score (nSPS) is 14.5. The minimum absolute atomic E-state index is 0.216. The van der Waals surface area contributed by atoms with Crippen molar-refractivity contribution in [3.05, 3.63) is 75.1 Å². The van der Waals surface area contributed by atoms with Gasteiger partial charge in [-0.2, -0.15) is 0 Å². The number of carbonyl (C=O) groups is 3. The zero-order valence-corrected chi connectivity index (χ0v) is 22.8. The van der Waals surface area contributed by atoms with Gasteiger partial charge < -0.3 is 14.2 Å². The highest BCUT2D eigenvalue weighted by Gasteiger charge is 2.37. The molecule has 2 amide bonds. The second-order valence-electron chi connectivity index (χ2n) is 8.15. The van der Waals surface area contributed by atoms with Crippen LogP contribution in [-0.2, 0) is 27.4 Å². The van der Waals surface area contributed by atoms with Crippen molar-refractivity contribution in [1.82, 2.24) is 4.90 Å². The van der Waals surface area contributed by atoms with Crippen molar-refractivity contribution in [1.29, 1.82) is 0 Å². The zero-order valence-electron chi connectivity index (χ0n) is 20.4. The lowest BCUT2D eigenvalue weighted by Gasteiger charge is -2.17. The summed E-state index contributed by atoms with van der Waals surface area (Å²) < 4.78 is 18.1. The molecular weight excluding hydrogens is 546 g/mol. The van der Waals surface area contributed by atoms with E-state index in [1.165, 1.54) is 0 Å². The molecular formula is C27H28BrNO6S. The summed E-state index contributed by atoms with van der Waals surface area (Å²) in [4.78, 5) is 38.3. The highest BCUT2D eigenvalue weighted by Crippen LogP contribution is 2.37. The third kappa shape index (κ3) is 7.24. The quantitative estimate of drug-likeness (QED) is 0.181. The number of amides is 2. The summed E-state index contributed by atoms with van der Waals surface area (Å²) >= 11 is 4.22. The van der Waals surface area contributed by atoms with E-state index in [0.717, 1.165) is 32.3 Å². The van der Waals surface area contributed by atoms with Crippen LogP contribution in [-0.4, -0.2) is 41.3 Å². The van der Waals surface area contributed by atoms with Crippen molar-refractivity contribution in [3.63, 3.8) is 0 Å². The van der Waals surface area contributed by atoms with E-state index in [2.05, 4.69) is 22.5 Å². The van der Waals surface area contributed by atoms with Gasteiger partial charge in [-0.15, -0.1) is 6.58 Å². The molecule has 0 spiro atoms. The first-order valence-corrected chi connectivity index (χ1v) is 13.1. The van der Waals surface area contributed by atoms with Crippen molar-refractivity contribution < 1.29 is 28.6 Å². The lowest BCUT2D eigenvalue weighted by Crippen LogP contribution is -2.35. The fourth-order valence-corrected chi connectivity index (χ4v) is 4.56. The molecule has 0 atom stereocenters. The Balaban J connectivity index is 1.88. The Kier molecular flexibility index (Phi) is 9.78. The summed E-state index contributed by atoms with van der Waals surface area (Å²) in [6.07, 6.45) is 3.56. The van der Waals surface area contributed by atoms with Gasteiger partial charge in [0.15, 0.2) is 11.5 Å². The van der Waals surface area contributed by atoms with Gasteiger partial charge in [-0.25, -0.2) is 0 Å². The number of benzene rings is 2. The number of nitrogens with zero attached hydrogens (tertiary/aromatic N) is 1. The molecule has 36 heavy (non-hydrogen) atoms. The Bertz CT molecular complexity index is 1180. The predicted octanol–water partition coefficient (Wildman–Crippen LogP) is 6.14. The lowest BCUT2D eigenvalue weighted by atomic mass is 10.0. The van der Waals surface area contributed by atoms with E-state index in [1.54, 1.807) is 32.1 Å². The number of hydrogen-bond donors (Lipinski definition) is 0. The highest BCUT2D eigenvalue weighted by atomic mass is 79.9. The second kappa shape index (κ2) is 12.8. The molecule has 0 saturated carbocycles. The molecule has 0 aliphatic carbocycles. The molecule has 0 radical (unpaired) electrons. The van der Waals surface area contributed by atoms with Gasteiger partial charge in [0, 0.05) is 10.0 Å². The predicted molar refractivity (Wildman–Crippen MR) is 144 cm³/mol. The van der Waals surface area contributed by atoms with E-state index < -0.39 is 23.7 Å². The van der Waals surface area contributed by atoms with Crippen LogP contribution in [0.15, 0.2) is 58.4 Å². The van der Waals surface area contributed by atoms with E-state index in [1.807, 2.05) is 37.3 Å². The number of hydrogen-bond acceptors (Lipinski definition) is 7. The summed E-state index contributed by atoms with van der Waals surface area (Å²) in [6.45, 7) is 9.47. The number of rotatable bonds is 11. The maximum absolute atomic E-state index is 12.8. The monoisotopic (exact) mass is 573 g/mol. The molecule has 0 aromatic heterocycles. The first-order valence-electron chi connectivity index (χ1n) is 11.4. The van der Waals surface area contributed by atoms with Crippen LogP contribution in [0.5, 0.6) is 11.5 Å². The highest BCUT2D eigenvalue weighted by molar-refractivity contribution is 9.10. The first-order chi connectivity index (χ1) is 17.2. The van der Waals surface area contributed by atoms with Gasteiger partial charge in [-0.1, -0.05) is 34.1 Å². The van der Waals surface area contributed by atoms with Crippen LogP contribution in [0.3, 0.4) is 0 Å². The smallest absolute Gasteiger partial charge is 0.326 e. The van der Waals surface area contributed by atoms with Gasteiger partial charge in [0.1, 0.15) is 13.2 Å². The summed E-state index contributed by atoms with van der Waals surface area (Å²) in [7, 11) is 0. The average Bonchev–Trinajstić information content (AvgIpc) is 3.07. The van der Waals surface area contributed by atoms with Gasteiger partial charge >= 0.3 is 5.97 Å². The standard InChI is InChI=1S/C27H28BrNO6S/c1-5-7-20-12-19(14-23-26(31)29(27(32)36-23)15-24(30)35-17(3)4)13-22(33-6-2)25(20)34-16-18-8-10-21(28)11-9-18/h5,8-14,17H,1,6-7,15-16H2,2-4H3/b23-14+. The minimum atomic E-state index is -0.632. The second-order valence-corrected chi connectivity index (χ2v) is 10.1. The maximum Gasteiger partial charge on any atom is 0.326 e. The van der Waals surface area contributed by atoms with Crippen molar-refractivity contribution >= 4 is 50.9 Å². The van der Waals surface area contributed by atoms with Gasteiger partial charge in [0.25, 0.3) is 11.1 Å². The fourth-order valence-electron chi connectivity index (χ4n) is 3.45. The number of imide groups is 1. The SMILES string of the molecule is C=CCc1cc(/C=C2/SC(=O)N(CC(=O)OC(C)C)C2=O)cc(OCC)c1OCc1ccc(Br)cc1. The van der Waals surface area contributed by atoms with Crippen LogP contribution in [0.1, 0.15) is 37.5 Å². The number of thioether (sulfide) groups is 1. The Morgan fingerprint density at radius 2 is 1.89 bits per heavy atom. The molecule has 1 heterocycles. The van der Waals surface area contributed by atoms with E-state index in [-0.39, 0.29) is 11.0 Å². The Morgan fingerprint density at radius 1 is 1.17 bits per heavy atom. The Morgan fingerprint density at radius 3 is 2.53 bits per heavy atom. The largest absolute Gasteiger partial charge is 0.490 e. The topological polar surface area (TPSA) is 82.1 Å². The molecule has 190 valence electrons. The Labute approximate surface area is 223 Å². The van der Waals surface area contributed by atoms with E-state index in [4.69, 9.17) is 14.2 Å². The molecule has 9 heteroatoms. The van der Waals surface area contributed by atoms with Gasteiger partial charge in [0.2, 0.25) is 0 Å². The maximum atomic E-state index is 12.8. The summed E-state index contributed by atoms with van der Waals surface area (Å²) in [5.41, 5.74) is 2.50. The van der Waals surface area contributed by atoms with Crippen LogP contribution < -0.4 is 9.47 Å². The fraction of sp³-hybridized carbons (Fsp3) is 0.296. The van der Waals surface area contributed by atoms with Crippen LogP contribution >= 0.6 is 27.7 Å². The molecule has 1 aliphatic heterocycles. The van der Waals surface area contributed by atoms with Crippen LogP contribution in [0.2, 0.25) is 0 Å². The zero-order chi connectivity index (χ0) is 26.2. The molecule has 0 bridgehead atoms. The number of esters is 1. The van der Waals surface area contributed by atoms with Gasteiger partial charge in [-0.05, 0) is 80.4 Å². The summed E-state index contributed by atoms with van der Waals surface area (Å²) in [5.74, 6) is -0.0430. The molecule has 1 fully saturated rings. The Hall–Kier alpha value is -3.04. The van der Waals surface area contributed by atoms with Gasteiger partial charge in [-0.3, -0.25) is 19.3 Å². The third-order valence-corrected chi connectivity index (χ3v) is 6.38. The molecule has 7 nitrogen and oxygen atoms in total. The van der Waals surface area contributed by atoms with Crippen molar-refractivity contribution in [2.45, 2.75) is 39.9 Å². The number of carbonyl (C=O) groups excluding carboxylic acids is 3. The van der Waals surface area contributed by atoms with Crippen LogP contribution in [0.25, 0.3) is 6.08 Å². The molecule has 2 aromatic carbocycles. The summed E-state index contributed by atoms with van der Waals surface area (Å²) in [5, 5.41) is -0.516. The number of ether oxygens (including phenoxy) is 3.